The van der Waals surface area contributed by atoms with Crippen molar-refractivity contribution in [3.8, 4) is 0 Å². The summed E-state index contributed by atoms with van der Waals surface area (Å²) in [5, 5.41) is 12.3. The number of aliphatic hydroxyl groups is 1. The van der Waals surface area contributed by atoms with Crippen molar-refractivity contribution in [3.05, 3.63) is 36.1 Å². The third kappa shape index (κ3) is 9.29. The number of hydrogen-bond acceptors (Lipinski definition) is 7. The number of nitrogens with zero attached hydrogens (tertiary/aromatic N) is 1. The predicted octanol–water partition coefficient (Wildman–Crippen LogP) is 2.23. The molecule has 2 fully saturated rings. The third-order valence-corrected chi connectivity index (χ3v) is 5.45. The molecule has 7 nitrogen and oxygen atoms in total. The van der Waals surface area contributed by atoms with Crippen molar-refractivity contribution in [1.82, 2.24) is 10.2 Å². The number of nitrogens with one attached hydrogen (secondary N) is 1. The highest BCUT2D eigenvalue weighted by Crippen LogP contribution is 2.16. The second-order valence-corrected chi connectivity index (χ2v) is 7.72. The van der Waals surface area contributed by atoms with Gasteiger partial charge in [-0.05, 0) is 57.4 Å². The van der Waals surface area contributed by atoms with Crippen molar-refractivity contribution in [2.24, 2.45) is 0 Å². The first kappa shape index (κ1) is 25.0. The highest BCUT2D eigenvalue weighted by molar-refractivity contribution is 5.27. The lowest BCUT2D eigenvalue weighted by atomic mass is 10.1. The fourth-order valence-corrected chi connectivity index (χ4v) is 3.69. The van der Waals surface area contributed by atoms with E-state index in [-0.39, 0.29) is 25.0 Å². The van der Waals surface area contributed by atoms with E-state index in [4.69, 9.17) is 24.1 Å². The van der Waals surface area contributed by atoms with E-state index in [9.17, 15) is 0 Å². The van der Waals surface area contributed by atoms with Crippen LogP contribution in [0.4, 0.5) is 0 Å². The van der Waals surface area contributed by atoms with Crippen LogP contribution in [0.5, 0.6) is 0 Å². The van der Waals surface area contributed by atoms with E-state index in [1.54, 1.807) is 0 Å². The molecule has 7 heteroatoms. The number of ether oxygens (including phenoxy) is 4. The lowest BCUT2D eigenvalue weighted by Gasteiger charge is -2.24. The van der Waals surface area contributed by atoms with Crippen LogP contribution in [0.1, 0.15) is 32.6 Å². The highest BCUT2D eigenvalue weighted by atomic mass is 16.7. The molecule has 2 heterocycles. The summed E-state index contributed by atoms with van der Waals surface area (Å²) in [6.07, 6.45) is 10.3. The first-order valence-corrected chi connectivity index (χ1v) is 11.2. The average molecular weight is 425 g/mol. The van der Waals surface area contributed by atoms with E-state index in [0.29, 0.717) is 19.8 Å². The molecule has 0 aromatic carbocycles. The lowest BCUT2D eigenvalue weighted by molar-refractivity contribution is -0.167. The molecule has 2 saturated heterocycles. The zero-order chi connectivity index (χ0) is 21.6. The molecule has 2 aliphatic rings. The maximum atomic E-state index is 8.91. The molecule has 0 aromatic rings. The number of likely N-dealkylation sites (tertiary alicyclic amines) is 1. The standard InChI is InChI=1S/C23H40N2O5/c1-4-20(28-15-16-30-23-7-5-6-13-29-23)9-8-19(2)22(24-3)18-25-11-10-21(17-25)27-14-12-26/h4,8-9,21-24,26H,2,5-7,10-18H2,1,3H3/b9-8-,20-4+/t21-,22+,23?/m0/s1. The molecule has 0 bridgehead atoms. The Morgan fingerprint density at radius 3 is 2.80 bits per heavy atom. The smallest absolute Gasteiger partial charge is 0.157 e. The van der Waals surface area contributed by atoms with Crippen molar-refractivity contribution in [2.75, 3.05) is 59.7 Å². The Morgan fingerprint density at radius 2 is 2.10 bits per heavy atom. The van der Waals surface area contributed by atoms with Gasteiger partial charge in [-0.1, -0.05) is 12.7 Å². The van der Waals surface area contributed by atoms with E-state index in [2.05, 4.69) is 16.8 Å². The molecule has 0 amide bonds. The SMILES string of the molecule is C=C(/C=C\C(=C/C)OCCOC1CCCCO1)[C@@H](CN1CC[C@H](OCCO)C1)NC. The number of allylic oxidation sites excluding steroid dienone is 2. The number of rotatable bonds is 14. The molecule has 2 rings (SSSR count). The van der Waals surface area contributed by atoms with Crippen LogP contribution >= 0.6 is 0 Å². The van der Waals surface area contributed by atoms with Crippen molar-refractivity contribution < 1.29 is 24.1 Å². The van der Waals surface area contributed by atoms with Gasteiger partial charge >= 0.3 is 0 Å². The van der Waals surface area contributed by atoms with Crippen molar-refractivity contribution in [3.63, 3.8) is 0 Å². The van der Waals surface area contributed by atoms with Crippen LogP contribution in [-0.4, -0.2) is 88.2 Å². The molecule has 3 atom stereocenters. The quantitative estimate of drug-likeness (QED) is 0.252. The van der Waals surface area contributed by atoms with Crippen LogP contribution in [0.15, 0.2) is 36.1 Å². The van der Waals surface area contributed by atoms with Gasteiger partial charge in [0.2, 0.25) is 0 Å². The highest BCUT2D eigenvalue weighted by Gasteiger charge is 2.25. The summed E-state index contributed by atoms with van der Waals surface area (Å²) >= 11 is 0. The van der Waals surface area contributed by atoms with Gasteiger partial charge in [-0.15, -0.1) is 0 Å². The van der Waals surface area contributed by atoms with Gasteiger partial charge in [0.1, 0.15) is 12.4 Å². The average Bonchev–Trinajstić information content (AvgIpc) is 3.23. The molecule has 0 saturated carbocycles. The first-order valence-electron chi connectivity index (χ1n) is 11.2. The lowest BCUT2D eigenvalue weighted by Crippen LogP contribution is -2.39. The summed E-state index contributed by atoms with van der Waals surface area (Å²) in [5.74, 6) is 0.804. The van der Waals surface area contributed by atoms with E-state index in [1.165, 1.54) is 0 Å². The minimum absolute atomic E-state index is 0.0765. The van der Waals surface area contributed by atoms with Crippen LogP contribution in [0, 0.1) is 0 Å². The minimum Gasteiger partial charge on any atom is -0.492 e. The molecule has 2 aliphatic heterocycles. The van der Waals surface area contributed by atoms with Gasteiger partial charge in [-0.25, -0.2) is 0 Å². The van der Waals surface area contributed by atoms with Crippen molar-refractivity contribution in [1.29, 1.82) is 0 Å². The molecule has 30 heavy (non-hydrogen) atoms. The maximum Gasteiger partial charge on any atom is 0.157 e. The van der Waals surface area contributed by atoms with Gasteiger partial charge in [0.25, 0.3) is 0 Å². The Bertz CT molecular complexity index is 546. The van der Waals surface area contributed by atoms with E-state index >= 15 is 0 Å². The summed E-state index contributed by atoms with van der Waals surface area (Å²) < 4.78 is 22.7. The maximum absolute atomic E-state index is 8.91. The molecule has 0 aliphatic carbocycles. The fraction of sp³-hybridized carbons (Fsp3) is 0.739. The van der Waals surface area contributed by atoms with E-state index < -0.39 is 0 Å². The minimum atomic E-state index is -0.0812. The predicted molar refractivity (Wildman–Crippen MR) is 118 cm³/mol. The Morgan fingerprint density at radius 1 is 1.23 bits per heavy atom. The van der Waals surface area contributed by atoms with Crippen LogP contribution in [0.2, 0.25) is 0 Å². The Labute approximate surface area is 181 Å². The second kappa shape index (κ2) is 14.7. The van der Waals surface area contributed by atoms with Crippen LogP contribution in [-0.2, 0) is 18.9 Å². The molecular formula is C23H40N2O5. The van der Waals surface area contributed by atoms with Gasteiger partial charge < -0.3 is 29.4 Å². The molecule has 0 radical (unpaired) electrons. The topological polar surface area (TPSA) is 72.4 Å². The first-order chi connectivity index (χ1) is 14.7. The van der Waals surface area contributed by atoms with E-state index in [0.717, 1.165) is 63.3 Å². The van der Waals surface area contributed by atoms with E-state index in [1.807, 2.05) is 32.2 Å². The number of hydrogen-bond donors (Lipinski definition) is 2. The fourth-order valence-electron chi connectivity index (χ4n) is 3.69. The van der Waals surface area contributed by atoms with Gasteiger partial charge in [-0.2, -0.15) is 0 Å². The van der Waals surface area contributed by atoms with Gasteiger partial charge in [-0.3, -0.25) is 4.90 Å². The summed E-state index contributed by atoms with van der Waals surface area (Å²) in [4.78, 5) is 2.37. The van der Waals surface area contributed by atoms with Crippen LogP contribution in [0.3, 0.4) is 0 Å². The molecule has 0 aromatic heterocycles. The molecule has 172 valence electrons. The van der Waals surface area contributed by atoms with Gasteiger partial charge in [0.15, 0.2) is 6.29 Å². The zero-order valence-electron chi connectivity index (χ0n) is 18.7. The summed E-state index contributed by atoms with van der Waals surface area (Å²) in [7, 11) is 1.96. The number of likely N-dealkylation sites (N-methyl/N-ethyl adjacent to an activating group) is 1. The van der Waals surface area contributed by atoms with Crippen molar-refractivity contribution >= 4 is 0 Å². The Hall–Kier alpha value is -1.22. The summed E-state index contributed by atoms with van der Waals surface area (Å²) in [6.45, 7) is 11.2. The largest absolute Gasteiger partial charge is 0.492 e. The molecule has 0 spiro atoms. The molecule has 2 N–H and O–H groups in total. The normalized spacial score (nSPS) is 24.4. The number of aliphatic hydroxyl groups excluding tert-OH is 1. The summed E-state index contributed by atoms with van der Waals surface area (Å²) in [5.41, 5.74) is 1.01. The zero-order valence-corrected chi connectivity index (χ0v) is 18.7. The monoisotopic (exact) mass is 424 g/mol. The van der Waals surface area contributed by atoms with Crippen LogP contribution < -0.4 is 5.32 Å². The van der Waals surface area contributed by atoms with Gasteiger partial charge in [0, 0.05) is 32.3 Å². The van der Waals surface area contributed by atoms with Crippen LogP contribution in [0.25, 0.3) is 0 Å². The van der Waals surface area contributed by atoms with Crippen molar-refractivity contribution in [2.45, 2.75) is 51.0 Å². The molecular weight excluding hydrogens is 384 g/mol. The Balaban J connectivity index is 1.69. The van der Waals surface area contributed by atoms with Gasteiger partial charge in [0.05, 0.1) is 25.9 Å². The molecule has 1 unspecified atom stereocenters. The second-order valence-electron chi connectivity index (χ2n) is 7.72. The Kier molecular flexibility index (Phi) is 12.3. The third-order valence-electron chi connectivity index (χ3n) is 5.45. The summed E-state index contributed by atoms with van der Waals surface area (Å²) in [6, 6.07) is 0.155.